The molecule has 4 heteroatoms. The molecule has 11 heterocycles. The van der Waals surface area contributed by atoms with Gasteiger partial charge in [0, 0.05) is 0 Å². The number of aromatic nitrogens is 1. The summed E-state index contributed by atoms with van der Waals surface area (Å²) >= 11 is 0. The number of nitrogens with two attached hydrogens (primary N) is 2. The van der Waals surface area contributed by atoms with Crippen LogP contribution in [0.25, 0.3) is 22.5 Å². The van der Waals surface area contributed by atoms with Crippen molar-refractivity contribution in [2.45, 2.75) is 47.7 Å². The van der Waals surface area contributed by atoms with Crippen LogP contribution in [0.15, 0.2) is 60.7 Å². The number of hydrogen-bond acceptors (Lipinski definition) is 3. The third kappa shape index (κ3) is 0.276. The molecule has 13 rings (SSSR count). The van der Waals surface area contributed by atoms with Crippen molar-refractivity contribution >= 4 is 11.4 Å². The number of pyridine rings is 1. The van der Waals surface area contributed by atoms with Gasteiger partial charge in [0.2, 0.25) is 0 Å². The molecule has 0 saturated carbocycles. The second-order valence-electron chi connectivity index (χ2n) is 14.5. The molecule has 4 atom stereocenters. The molecule has 3 nitrogen and oxygen atoms in total. The Morgan fingerprint density at radius 3 is 1.58 bits per heavy atom. The molecular formula is C27H23FeN3. The number of nitrogen functional groups attached to an aromatic ring is 2. The van der Waals surface area contributed by atoms with E-state index >= 15 is 0 Å². The summed E-state index contributed by atoms with van der Waals surface area (Å²) in [5, 5.41) is 0. The first-order chi connectivity index (χ1) is 14.9. The van der Waals surface area contributed by atoms with E-state index < -0.39 is 6.51 Å². The fourth-order valence-electron chi connectivity index (χ4n) is 19.4. The van der Waals surface area contributed by atoms with Crippen LogP contribution < -0.4 is 11.5 Å². The standard InChI is InChI=1S/C22H18N3.C5H5.Fe/c23-18-9-5-16(6-10-18)21-14-13-20(15-3-1-2-4-15)22(25-21)17-7-11-19(24)12-8-17;1-2-4-5-3-1;/h1-14H,23-24H2;1-5H;. The van der Waals surface area contributed by atoms with E-state index in [9.17, 15) is 0 Å². The first-order valence-corrected chi connectivity index (χ1v) is 18.1. The summed E-state index contributed by atoms with van der Waals surface area (Å²) in [6, 6.07) is 21.6. The van der Waals surface area contributed by atoms with E-state index in [1.807, 2.05) is 12.1 Å². The van der Waals surface area contributed by atoms with Gasteiger partial charge in [-0.3, -0.25) is 0 Å². The molecule has 10 aliphatic rings. The second-order valence-corrected chi connectivity index (χ2v) is 38.1. The molecule has 10 aliphatic heterocycles. The predicted molar refractivity (Wildman–Crippen MR) is 119 cm³/mol. The zero-order valence-corrected chi connectivity index (χ0v) is 18.0. The zero-order valence-electron chi connectivity index (χ0n) is 16.9. The van der Waals surface area contributed by atoms with Crippen LogP contribution >= 0.6 is 0 Å². The summed E-state index contributed by atoms with van der Waals surface area (Å²) in [5.41, 5.74) is 20.1. The van der Waals surface area contributed by atoms with Crippen molar-refractivity contribution in [1.82, 2.24) is 4.98 Å². The molecule has 31 heavy (non-hydrogen) atoms. The van der Waals surface area contributed by atoms with Gasteiger partial charge in [0.1, 0.15) is 0 Å². The Morgan fingerprint density at radius 1 is 0.613 bits per heavy atom. The normalized spacial score (nSPS) is 70.4. The minimum atomic E-state index is -3.27. The van der Waals surface area contributed by atoms with E-state index in [-0.39, 0.29) is 0 Å². The Bertz CT molecular complexity index is 1800. The van der Waals surface area contributed by atoms with Gasteiger partial charge in [-0.2, -0.15) is 0 Å². The number of anilines is 2. The fraction of sp³-hybridized carbons (Fsp3) is 0.370. The second kappa shape index (κ2) is 1.70. The number of nitrogens with zero attached hydrogens (tertiary/aromatic N) is 1. The molecule has 1 spiro atoms. The molecule has 1 aromatic heterocycles. The first-order valence-electron chi connectivity index (χ1n) is 11.8. The van der Waals surface area contributed by atoms with Crippen LogP contribution in [0.1, 0.15) is 5.56 Å². The summed E-state index contributed by atoms with van der Waals surface area (Å²) in [4.78, 5) is 17.1. The Labute approximate surface area is 170 Å². The number of fused-ring (bicyclic) bond motifs is 10. The molecule has 2 aromatic carbocycles. The van der Waals surface area contributed by atoms with Gasteiger partial charge < -0.3 is 0 Å². The van der Waals surface area contributed by atoms with Gasteiger partial charge >= 0.3 is 171 Å². The van der Waals surface area contributed by atoms with Gasteiger partial charge in [-0.25, -0.2) is 0 Å². The molecular weight excluding hydrogens is 422 g/mol. The Morgan fingerprint density at radius 2 is 1.13 bits per heavy atom. The Balaban J connectivity index is 1.14. The van der Waals surface area contributed by atoms with Crippen molar-refractivity contribution in [3.8, 4) is 22.5 Å². The van der Waals surface area contributed by atoms with Gasteiger partial charge in [-0.1, -0.05) is 0 Å². The van der Waals surface area contributed by atoms with Crippen LogP contribution in [0.2, 0.25) is 43.3 Å². The SMILES string of the molecule is Nc1ccc(-c2ccc([C]34[CH]5[CH]6[CH]7[CH]3[Fe]6754389%10[CH]4[CH]3[CH]8[CH]9[CH]4%10)c(-c3ccc(N)cc3)n2)cc1. The molecule has 4 unspecified atom stereocenters. The third-order valence-electron chi connectivity index (χ3n) is 18.4. The third-order valence-corrected chi connectivity index (χ3v) is 60.7. The van der Waals surface area contributed by atoms with Crippen LogP contribution in [0.4, 0.5) is 11.4 Å². The van der Waals surface area contributed by atoms with Gasteiger partial charge in [0.25, 0.3) is 0 Å². The molecule has 10 saturated heterocycles. The van der Waals surface area contributed by atoms with Crippen LogP contribution in [0, 0.1) is 0 Å². The van der Waals surface area contributed by atoms with Gasteiger partial charge in [0.15, 0.2) is 0 Å². The van der Waals surface area contributed by atoms with E-state index in [4.69, 9.17) is 16.5 Å². The van der Waals surface area contributed by atoms with Crippen LogP contribution in [-0.4, -0.2) is 4.98 Å². The molecule has 0 radical (unpaired) electrons. The summed E-state index contributed by atoms with van der Waals surface area (Å²) in [6.07, 6.45) is 0. The predicted octanol–water partition coefficient (Wildman–Crippen LogP) is 6.38. The topological polar surface area (TPSA) is 64.9 Å². The Hall–Kier alpha value is -2.29. The molecule has 0 bridgehead atoms. The van der Waals surface area contributed by atoms with Crippen molar-refractivity contribution in [3.05, 3.63) is 66.2 Å². The minimum absolute atomic E-state index is 0.697. The molecule has 0 amide bonds. The molecule has 3 aromatic rings. The van der Waals surface area contributed by atoms with Crippen molar-refractivity contribution < 1.29 is 6.51 Å². The molecule has 4 N–H and O–H groups in total. The van der Waals surface area contributed by atoms with Crippen LogP contribution in [-0.2, 0) is 10.8 Å². The number of rotatable bonds is 3. The molecule has 154 valence electrons. The summed E-state index contributed by atoms with van der Waals surface area (Å²) in [7, 11) is 0. The average Bonchev–Trinajstić information content (AvgIpc) is 3.73. The van der Waals surface area contributed by atoms with E-state index in [1.54, 1.807) is 5.56 Å². The summed E-state index contributed by atoms with van der Waals surface area (Å²) < 4.78 is 0.697. The maximum absolute atomic E-state index is 6.06. The van der Waals surface area contributed by atoms with Gasteiger partial charge in [-0.15, -0.1) is 0 Å². The van der Waals surface area contributed by atoms with Crippen LogP contribution in [0.3, 0.4) is 0 Å². The van der Waals surface area contributed by atoms with Gasteiger partial charge in [-0.05, 0) is 0 Å². The number of hydrogen-bond donors (Lipinski definition) is 2. The van der Waals surface area contributed by atoms with E-state index in [0.29, 0.717) is 4.31 Å². The Kier molecular flexibility index (Phi) is 0.731. The monoisotopic (exact) mass is 445 g/mol. The fourth-order valence-corrected chi connectivity index (χ4v) is 93.5. The average molecular weight is 445 g/mol. The van der Waals surface area contributed by atoms with Crippen molar-refractivity contribution in [3.63, 3.8) is 0 Å². The first kappa shape index (κ1) is 13.3. The van der Waals surface area contributed by atoms with E-state index in [0.717, 1.165) is 22.6 Å². The quantitative estimate of drug-likeness (QED) is 0.363. The van der Waals surface area contributed by atoms with Crippen molar-refractivity contribution in [2.24, 2.45) is 0 Å². The number of benzene rings is 2. The van der Waals surface area contributed by atoms with Gasteiger partial charge in [0.05, 0.1) is 0 Å². The zero-order chi connectivity index (χ0) is 19.8. The van der Waals surface area contributed by atoms with E-state index in [1.165, 1.54) is 54.6 Å². The summed E-state index contributed by atoms with van der Waals surface area (Å²) in [6.45, 7) is -3.27. The van der Waals surface area contributed by atoms with E-state index in [2.05, 4.69) is 48.5 Å². The molecule has 0 aliphatic carbocycles. The van der Waals surface area contributed by atoms with Crippen LogP contribution in [0.5, 0.6) is 0 Å². The van der Waals surface area contributed by atoms with Crippen molar-refractivity contribution in [2.75, 3.05) is 11.5 Å². The maximum atomic E-state index is 6.06. The van der Waals surface area contributed by atoms with Crippen molar-refractivity contribution in [1.29, 1.82) is 0 Å². The summed E-state index contributed by atoms with van der Waals surface area (Å²) in [5.74, 6) is 0. The molecule has 10 fully saturated rings.